The number of benzene rings is 2. The molecule has 0 radical (unpaired) electrons. The lowest BCUT2D eigenvalue weighted by atomic mass is 10.1. The van der Waals surface area contributed by atoms with Crippen molar-refractivity contribution in [2.75, 3.05) is 13.1 Å². The van der Waals surface area contributed by atoms with Gasteiger partial charge in [-0.05, 0) is 24.3 Å². The van der Waals surface area contributed by atoms with Crippen molar-refractivity contribution in [2.24, 2.45) is 0 Å². The molecule has 3 aromatic rings. The van der Waals surface area contributed by atoms with Crippen LogP contribution in [-0.4, -0.2) is 23.9 Å². The van der Waals surface area contributed by atoms with Gasteiger partial charge in [-0.3, -0.25) is 9.69 Å². The fourth-order valence-electron chi connectivity index (χ4n) is 3.50. The molecule has 4 rings (SSSR count). The minimum atomic E-state index is -0.439. The van der Waals surface area contributed by atoms with Crippen LogP contribution in [0.5, 0.6) is 5.75 Å². The van der Waals surface area contributed by atoms with E-state index in [9.17, 15) is 9.18 Å². The van der Waals surface area contributed by atoms with Gasteiger partial charge >= 0.3 is 0 Å². The number of nitrogens with zero attached hydrogens (tertiary/aromatic N) is 1. The van der Waals surface area contributed by atoms with E-state index in [1.165, 1.54) is 6.07 Å². The molecule has 0 bridgehead atoms. The second-order valence-electron chi connectivity index (χ2n) is 7.08. The molecule has 29 heavy (non-hydrogen) atoms. The molecule has 5 nitrogen and oxygen atoms in total. The summed E-state index contributed by atoms with van der Waals surface area (Å²) < 4.78 is 25.8. The molecule has 1 N–H and O–H groups in total. The van der Waals surface area contributed by atoms with Crippen LogP contribution in [0.25, 0.3) is 0 Å². The molecule has 1 aliphatic heterocycles. The van der Waals surface area contributed by atoms with E-state index in [0.29, 0.717) is 38.2 Å². The van der Waals surface area contributed by atoms with Gasteiger partial charge in [0.25, 0.3) is 0 Å². The van der Waals surface area contributed by atoms with E-state index in [1.807, 2.05) is 36.4 Å². The summed E-state index contributed by atoms with van der Waals surface area (Å²) >= 11 is 0. The zero-order chi connectivity index (χ0) is 20.1. The Balaban J connectivity index is 1.44. The molecule has 1 aromatic heterocycles. The van der Waals surface area contributed by atoms with Crippen LogP contribution in [0.1, 0.15) is 29.4 Å². The second-order valence-corrected chi connectivity index (χ2v) is 7.08. The van der Waals surface area contributed by atoms with Gasteiger partial charge in [0.05, 0.1) is 12.8 Å². The zero-order valence-electron chi connectivity index (χ0n) is 16.0. The quantitative estimate of drug-likeness (QED) is 0.685. The van der Waals surface area contributed by atoms with Gasteiger partial charge in [0, 0.05) is 37.2 Å². The Labute approximate surface area is 169 Å². The highest BCUT2D eigenvalue weighted by atomic mass is 19.1. The van der Waals surface area contributed by atoms with Crippen LogP contribution < -0.4 is 10.1 Å². The molecule has 6 heteroatoms. The summed E-state index contributed by atoms with van der Waals surface area (Å²) in [6, 6.07) is 18.1. The number of furan rings is 1. The summed E-state index contributed by atoms with van der Waals surface area (Å²) in [5.41, 5.74) is 1.55. The van der Waals surface area contributed by atoms with Gasteiger partial charge in [0.15, 0.2) is 0 Å². The van der Waals surface area contributed by atoms with Gasteiger partial charge < -0.3 is 14.5 Å². The highest BCUT2D eigenvalue weighted by Crippen LogP contribution is 2.32. The van der Waals surface area contributed by atoms with E-state index in [4.69, 9.17) is 9.15 Å². The molecular formula is C23H23FN2O3. The van der Waals surface area contributed by atoms with Crippen molar-refractivity contribution < 1.29 is 18.3 Å². The number of amides is 1. The third-order valence-corrected chi connectivity index (χ3v) is 5.01. The van der Waals surface area contributed by atoms with Crippen molar-refractivity contribution in [3.05, 3.63) is 89.6 Å². The van der Waals surface area contributed by atoms with E-state index >= 15 is 0 Å². The first-order chi connectivity index (χ1) is 14.2. The molecule has 1 atom stereocenters. The number of carbonyl (C=O) groups excluding carboxylic acids is 1. The van der Waals surface area contributed by atoms with E-state index in [0.717, 1.165) is 17.1 Å². The lowest BCUT2D eigenvalue weighted by Gasteiger charge is -2.24. The minimum absolute atomic E-state index is 0.0534. The topological polar surface area (TPSA) is 54.7 Å². The maximum Gasteiger partial charge on any atom is 0.221 e. The number of fused-ring (bicyclic) bond motifs is 1. The molecule has 0 saturated carbocycles. The summed E-state index contributed by atoms with van der Waals surface area (Å²) in [4.78, 5) is 14.4. The van der Waals surface area contributed by atoms with Crippen molar-refractivity contribution >= 4 is 5.91 Å². The van der Waals surface area contributed by atoms with Crippen LogP contribution in [0.3, 0.4) is 0 Å². The van der Waals surface area contributed by atoms with Crippen LogP contribution in [0, 0.1) is 5.82 Å². The molecule has 0 spiro atoms. The highest BCUT2D eigenvalue weighted by molar-refractivity contribution is 5.76. The SMILES string of the molecule is O=C(CCN1Cc2ccccc2O[C@H](c2ccccc2F)C1)NCc1ccco1. The number of rotatable bonds is 6. The Bertz CT molecular complexity index is 958. The highest BCUT2D eigenvalue weighted by Gasteiger charge is 2.26. The monoisotopic (exact) mass is 394 g/mol. The lowest BCUT2D eigenvalue weighted by molar-refractivity contribution is -0.121. The molecule has 0 fully saturated rings. The van der Waals surface area contributed by atoms with Crippen molar-refractivity contribution in [3.8, 4) is 5.75 Å². The van der Waals surface area contributed by atoms with Gasteiger partial charge in [0.2, 0.25) is 5.91 Å². The standard InChI is InChI=1S/C23H23FN2O3/c24-20-9-3-2-8-19(20)22-16-26(15-17-6-1-4-10-21(17)29-22)12-11-23(27)25-14-18-7-5-13-28-18/h1-10,13,22H,11-12,14-16H2,(H,25,27)/t22-/m0/s1. The van der Waals surface area contributed by atoms with Crippen molar-refractivity contribution in [1.82, 2.24) is 10.2 Å². The maximum atomic E-state index is 14.4. The van der Waals surface area contributed by atoms with Crippen molar-refractivity contribution in [2.45, 2.75) is 25.6 Å². The molecule has 0 aliphatic carbocycles. The third-order valence-electron chi connectivity index (χ3n) is 5.01. The Morgan fingerprint density at radius 3 is 2.76 bits per heavy atom. The Morgan fingerprint density at radius 1 is 1.10 bits per heavy atom. The first kappa shape index (κ1) is 19.2. The van der Waals surface area contributed by atoms with Crippen LogP contribution in [0.2, 0.25) is 0 Å². The molecule has 0 unspecified atom stereocenters. The van der Waals surface area contributed by atoms with Gasteiger partial charge in [-0.25, -0.2) is 4.39 Å². The number of halogens is 1. The van der Waals surface area contributed by atoms with Crippen molar-refractivity contribution in [1.29, 1.82) is 0 Å². The summed E-state index contributed by atoms with van der Waals surface area (Å²) in [5, 5.41) is 2.86. The number of hydrogen-bond donors (Lipinski definition) is 1. The van der Waals surface area contributed by atoms with E-state index < -0.39 is 6.10 Å². The number of ether oxygens (including phenoxy) is 1. The largest absolute Gasteiger partial charge is 0.484 e. The van der Waals surface area contributed by atoms with Gasteiger partial charge in [-0.15, -0.1) is 0 Å². The first-order valence-corrected chi connectivity index (χ1v) is 9.69. The number of carbonyl (C=O) groups is 1. The van der Waals surface area contributed by atoms with E-state index in [2.05, 4.69) is 10.2 Å². The molecule has 1 amide bonds. The Hall–Kier alpha value is -3.12. The van der Waals surface area contributed by atoms with E-state index in [-0.39, 0.29) is 11.7 Å². The molecule has 2 heterocycles. The lowest BCUT2D eigenvalue weighted by Crippen LogP contribution is -2.33. The number of para-hydroxylation sites is 1. The van der Waals surface area contributed by atoms with Crippen LogP contribution in [0.15, 0.2) is 71.3 Å². The molecule has 2 aromatic carbocycles. The summed E-state index contributed by atoms with van der Waals surface area (Å²) in [6.45, 7) is 2.07. The Morgan fingerprint density at radius 2 is 1.93 bits per heavy atom. The summed E-state index contributed by atoms with van der Waals surface area (Å²) in [6.07, 6.45) is 1.48. The third kappa shape index (κ3) is 4.84. The first-order valence-electron chi connectivity index (χ1n) is 9.69. The summed E-state index contributed by atoms with van der Waals surface area (Å²) in [5.74, 6) is 1.14. The fraction of sp³-hybridized carbons (Fsp3) is 0.261. The van der Waals surface area contributed by atoms with Crippen LogP contribution >= 0.6 is 0 Å². The predicted octanol–water partition coefficient (Wildman–Crippen LogP) is 4.06. The molecule has 0 saturated heterocycles. The number of hydrogen-bond acceptors (Lipinski definition) is 4. The minimum Gasteiger partial charge on any atom is -0.484 e. The average Bonchev–Trinajstić information content (AvgIpc) is 3.18. The molecule has 1 aliphatic rings. The average molecular weight is 394 g/mol. The van der Waals surface area contributed by atoms with Gasteiger partial charge in [-0.2, -0.15) is 0 Å². The second kappa shape index (κ2) is 8.92. The predicted molar refractivity (Wildman–Crippen MR) is 107 cm³/mol. The Kier molecular flexibility index (Phi) is 5.91. The number of nitrogens with one attached hydrogen (secondary N) is 1. The van der Waals surface area contributed by atoms with E-state index in [1.54, 1.807) is 24.5 Å². The molecular weight excluding hydrogens is 371 g/mol. The summed E-state index contributed by atoms with van der Waals surface area (Å²) in [7, 11) is 0. The smallest absolute Gasteiger partial charge is 0.221 e. The normalized spacial score (nSPS) is 16.5. The van der Waals surface area contributed by atoms with Gasteiger partial charge in [0.1, 0.15) is 23.4 Å². The van der Waals surface area contributed by atoms with Crippen LogP contribution in [0.4, 0.5) is 4.39 Å². The van der Waals surface area contributed by atoms with Crippen molar-refractivity contribution in [3.63, 3.8) is 0 Å². The zero-order valence-corrected chi connectivity index (χ0v) is 16.0. The fourth-order valence-corrected chi connectivity index (χ4v) is 3.50. The van der Waals surface area contributed by atoms with Gasteiger partial charge in [-0.1, -0.05) is 36.4 Å². The maximum absolute atomic E-state index is 14.4. The molecule has 150 valence electrons. The van der Waals surface area contributed by atoms with Crippen LogP contribution in [-0.2, 0) is 17.9 Å².